The van der Waals surface area contributed by atoms with Crippen molar-refractivity contribution in [1.82, 2.24) is 0 Å². The van der Waals surface area contributed by atoms with Gasteiger partial charge >= 0.3 is 0 Å². The first-order chi connectivity index (χ1) is 13.3. The first kappa shape index (κ1) is 23.9. The molecule has 0 radical (unpaired) electrons. The SMILES string of the molecule is CC#Cc1sc(C#CC)c(CCCCCCCC)c1CCCCCCCC. The third-order valence-corrected chi connectivity index (χ3v) is 6.26. The van der Waals surface area contributed by atoms with Gasteiger partial charge in [-0.1, -0.05) is 89.9 Å². The van der Waals surface area contributed by atoms with E-state index in [2.05, 4.69) is 37.5 Å². The van der Waals surface area contributed by atoms with Gasteiger partial charge in [0, 0.05) is 0 Å². The molecule has 0 spiro atoms. The quantitative estimate of drug-likeness (QED) is 0.223. The van der Waals surface area contributed by atoms with Gasteiger partial charge in [0.25, 0.3) is 0 Å². The van der Waals surface area contributed by atoms with Gasteiger partial charge in [-0.05, 0) is 50.7 Å². The van der Waals surface area contributed by atoms with Gasteiger partial charge in [0.15, 0.2) is 0 Å². The molecule has 0 aliphatic carbocycles. The van der Waals surface area contributed by atoms with E-state index >= 15 is 0 Å². The van der Waals surface area contributed by atoms with Crippen LogP contribution in [0.25, 0.3) is 0 Å². The lowest BCUT2D eigenvalue weighted by molar-refractivity contribution is 0.599. The van der Waals surface area contributed by atoms with Crippen LogP contribution in [0.4, 0.5) is 0 Å². The molecule has 1 heteroatoms. The highest BCUT2D eigenvalue weighted by Gasteiger charge is 2.15. The fraction of sp³-hybridized carbons (Fsp3) is 0.692. The maximum atomic E-state index is 3.38. The summed E-state index contributed by atoms with van der Waals surface area (Å²) in [6, 6.07) is 0. The summed E-state index contributed by atoms with van der Waals surface area (Å²) in [7, 11) is 0. The molecule has 150 valence electrons. The molecule has 0 aliphatic rings. The molecule has 0 aromatic carbocycles. The number of unbranched alkanes of at least 4 members (excludes halogenated alkanes) is 10. The molecule has 1 heterocycles. The Morgan fingerprint density at radius 2 is 0.926 bits per heavy atom. The van der Waals surface area contributed by atoms with Crippen LogP contribution in [-0.4, -0.2) is 0 Å². The summed E-state index contributed by atoms with van der Waals surface area (Å²) in [6.45, 7) is 8.47. The molecule has 0 bridgehead atoms. The maximum absolute atomic E-state index is 3.38. The fourth-order valence-corrected chi connectivity index (χ4v) is 4.83. The van der Waals surface area contributed by atoms with Crippen LogP contribution >= 0.6 is 11.3 Å². The summed E-state index contributed by atoms with van der Waals surface area (Å²) in [5, 5.41) is 0. The molecule has 27 heavy (non-hydrogen) atoms. The van der Waals surface area contributed by atoms with Crippen molar-refractivity contribution in [3.8, 4) is 23.7 Å². The molecule has 0 nitrogen and oxygen atoms in total. The molecule has 1 rings (SSSR count). The zero-order valence-corrected chi connectivity index (χ0v) is 19.1. The topological polar surface area (TPSA) is 0 Å². The van der Waals surface area contributed by atoms with Crippen molar-refractivity contribution < 1.29 is 0 Å². The normalized spacial score (nSPS) is 10.2. The minimum atomic E-state index is 1.18. The van der Waals surface area contributed by atoms with Crippen molar-refractivity contribution in [3.05, 3.63) is 20.9 Å². The van der Waals surface area contributed by atoms with E-state index in [-0.39, 0.29) is 0 Å². The Morgan fingerprint density at radius 1 is 0.556 bits per heavy atom. The van der Waals surface area contributed by atoms with E-state index < -0.39 is 0 Å². The monoisotopic (exact) mass is 384 g/mol. The number of rotatable bonds is 14. The van der Waals surface area contributed by atoms with Crippen molar-refractivity contribution in [2.45, 2.75) is 118 Å². The second kappa shape index (κ2) is 15.8. The van der Waals surface area contributed by atoms with Crippen LogP contribution in [0.5, 0.6) is 0 Å². The van der Waals surface area contributed by atoms with E-state index in [0.717, 1.165) is 0 Å². The fourth-order valence-electron chi connectivity index (χ4n) is 3.62. The van der Waals surface area contributed by atoms with E-state index in [1.807, 2.05) is 25.2 Å². The van der Waals surface area contributed by atoms with Crippen molar-refractivity contribution >= 4 is 11.3 Å². The second-order valence-corrected chi connectivity index (χ2v) is 8.52. The molecular formula is C26H40S. The van der Waals surface area contributed by atoms with Crippen molar-refractivity contribution in [3.63, 3.8) is 0 Å². The summed E-state index contributed by atoms with van der Waals surface area (Å²) in [4.78, 5) is 2.56. The minimum Gasteiger partial charge on any atom is -0.117 e. The van der Waals surface area contributed by atoms with Crippen LogP contribution in [0.3, 0.4) is 0 Å². The summed E-state index contributed by atoms with van der Waals surface area (Å²) < 4.78 is 0. The van der Waals surface area contributed by atoms with E-state index in [4.69, 9.17) is 0 Å². The lowest BCUT2D eigenvalue weighted by Gasteiger charge is -2.07. The van der Waals surface area contributed by atoms with Crippen LogP contribution in [-0.2, 0) is 12.8 Å². The molecule has 0 aliphatic heterocycles. The van der Waals surface area contributed by atoms with Gasteiger partial charge in [0.2, 0.25) is 0 Å². The van der Waals surface area contributed by atoms with E-state index in [1.165, 1.54) is 111 Å². The number of thiophene rings is 1. The van der Waals surface area contributed by atoms with Crippen LogP contribution in [0.15, 0.2) is 0 Å². The zero-order valence-electron chi connectivity index (χ0n) is 18.3. The molecule has 0 N–H and O–H groups in total. The highest BCUT2D eigenvalue weighted by atomic mass is 32.1. The van der Waals surface area contributed by atoms with E-state index in [0.29, 0.717) is 0 Å². The third-order valence-electron chi connectivity index (χ3n) is 5.15. The lowest BCUT2D eigenvalue weighted by atomic mass is 9.96. The lowest BCUT2D eigenvalue weighted by Crippen LogP contribution is -1.96. The van der Waals surface area contributed by atoms with Gasteiger partial charge < -0.3 is 0 Å². The molecule has 0 atom stereocenters. The summed E-state index contributed by atoms with van der Waals surface area (Å²) in [5.41, 5.74) is 3.05. The van der Waals surface area contributed by atoms with Gasteiger partial charge in [-0.2, -0.15) is 0 Å². The van der Waals surface area contributed by atoms with Gasteiger partial charge in [-0.3, -0.25) is 0 Å². The Labute approximate surface area is 173 Å². The molecule has 0 amide bonds. The minimum absolute atomic E-state index is 1.18. The molecular weight excluding hydrogens is 344 g/mol. The Kier molecular flexibility index (Phi) is 14.0. The molecule has 0 saturated heterocycles. The first-order valence-corrected chi connectivity index (χ1v) is 12.1. The Balaban J connectivity index is 2.75. The highest BCUT2D eigenvalue weighted by Crippen LogP contribution is 2.31. The van der Waals surface area contributed by atoms with Crippen LogP contribution in [0, 0.1) is 23.7 Å². The Hall–Kier alpha value is -1.18. The predicted octanol–water partition coefficient (Wildman–Crippen LogP) is 8.30. The third kappa shape index (κ3) is 9.53. The zero-order chi connectivity index (χ0) is 19.7. The van der Waals surface area contributed by atoms with Crippen molar-refractivity contribution in [2.75, 3.05) is 0 Å². The smallest absolute Gasteiger partial charge is 0.0816 e. The van der Waals surface area contributed by atoms with E-state index in [1.54, 1.807) is 0 Å². The predicted molar refractivity (Wildman–Crippen MR) is 124 cm³/mol. The second-order valence-electron chi connectivity index (χ2n) is 7.50. The molecule has 0 saturated carbocycles. The average Bonchev–Trinajstić information content (AvgIpc) is 2.98. The van der Waals surface area contributed by atoms with Crippen LogP contribution in [0.1, 0.15) is 126 Å². The Bertz CT molecular complexity index is 572. The highest BCUT2D eigenvalue weighted by molar-refractivity contribution is 7.13. The Morgan fingerprint density at radius 3 is 1.30 bits per heavy atom. The van der Waals surface area contributed by atoms with Crippen LogP contribution < -0.4 is 0 Å². The standard InChI is InChI=1S/C26H40S/c1-5-9-11-13-15-17-21-23-24(22-18-16-14-12-10-6-2)26(20-8-4)27-25(23)19-7-3/h5-6,9-18,21-22H2,1-4H3. The average molecular weight is 385 g/mol. The summed E-state index contributed by atoms with van der Waals surface area (Å²) in [6.07, 6.45) is 18.6. The van der Waals surface area contributed by atoms with Crippen molar-refractivity contribution in [2.24, 2.45) is 0 Å². The molecule has 1 aromatic rings. The molecule has 0 unspecified atom stereocenters. The summed E-state index contributed by atoms with van der Waals surface area (Å²) >= 11 is 1.83. The molecule has 0 fully saturated rings. The van der Waals surface area contributed by atoms with Crippen molar-refractivity contribution in [1.29, 1.82) is 0 Å². The summed E-state index contributed by atoms with van der Waals surface area (Å²) in [5.74, 6) is 13.0. The first-order valence-electron chi connectivity index (χ1n) is 11.3. The maximum Gasteiger partial charge on any atom is 0.0816 e. The largest absolute Gasteiger partial charge is 0.117 e. The van der Waals surface area contributed by atoms with Gasteiger partial charge in [0.05, 0.1) is 9.75 Å². The number of hydrogen-bond acceptors (Lipinski definition) is 1. The number of hydrogen-bond donors (Lipinski definition) is 0. The van der Waals surface area contributed by atoms with Crippen LogP contribution in [0.2, 0.25) is 0 Å². The van der Waals surface area contributed by atoms with Gasteiger partial charge in [-0.25, -0.2) is 0 Å². The van der Waals surface area contributed by atoms with Gasteiger partial charge in [-0.15, -0.1) is 23.2 Å². The van der Waals surface area contributed by atoms with E-state index in [9.17, 15) is 0 Å². The van der Waals surface area contributed by atoms with Gasteiger partial charge in [0.1, 0.15) is 0 Å². The molecule has 1 aromatic heterocycles.